The summed E-state index contributed by atoms with van der Waals surface area (Å²) >= 11 is 0. The molecule has 15 heavy (non-hydrogen) atoms. The number of terminal acetylenes is 1. The van der Waals surface area contributed by atoms with E-state index < -0.39 is 0 Å². The fraction of sp³-hybridized carbons (Fsp3) is 0.455. The quantitative estimate of drug-likeness (QED) is 0.743. The molecule has 0 radical (unpaired) electrons. The first-order valence-corrected chi connectivity index (χ1v) is 4.86. The lowest BCUT2D eigenvalue weighted by atomic mass is 10.2. The SMILES string of the molecule is C#CCC(CC)Nc1ncc(OC)cn1. The number of aromatic nitrogens is 2. The monoisotopic (exact) mass is 205 g/mol. The maximum absolute atomic E-state index is 5.25. The van der Waals surface area contributed by atoms with Crippen LogP contribution in [0.3, 0.4) is 0 Å². The molecule has 0 saturated carbocycles. The summed E-state index contributed by atoms with van der Waals surface area (Å²) in [6.45, 7) is 2.07. The highest BCUT2D eigenvalue weighted by molar-refractivity contribution is 5.28. The molecule has 4 nitrogen and oxygen atoms in total. The summed E-state index contributed by atoms with van der Waals surface area (Å²) in [5, 5.41) is 3.16. The van der Waals surface area contributed by atoms with E-state index in [2.05, 4.69) is 28.1 Å². The highest BCUT2D eigenvalue weighted by Gasteiger charge is 2.05. The van der Waals surface area contributed by atoms with Crippen LogP contribution in [-0.4, -0.2) is 23.1 Å². The van der Waals surface area contributed by atoms with Crippen LogP contribution in [0.4, 0.5) is 5.95 Å². The predicted octanol–water partition coefficient (Wildman–Crippen LogP) is 1.70. The number of rotatable bonds is 5. The van der Waals surface area contributed by atoms with Crippen molar-refractivity contribution in [1.29, 1.82) is 0 Å². The molecule has 1 heterocycles. The summed E-state index contributed by atoms with van der Waals surface area (Å²) in [5.41, 5.74) is 0. The third kappa shape index (κ3) is 3.47. The Kier molecular flexibility index (Phi) is 4.42. The number of nitrogens with zero attached hydrogens (tertiary/aromatic N) is 2. The fourth-order valence-electron chi connectivity index (χ4n) is 1.12. The Morgan fingerprint density at radius 1 is 1.53 bits per heavy atom. The lowest BCUT2D eigenvalue weighted by Gasteiger charge is -2.13. The molecule has 1 unspecified atom stereocenters. The maximum atomic E-state index is 5.25. The third-order valence-electron chi connectivity index (χ3n) is 2.05. The van der Waals surface area contributed by atoms with E-state index in [0.717, 1.165) is 6.42 Å². The second kappa shape index (κ2) is 5.86. The summed E-state index contributed by atoms with van der Waals surface area (Å²) in [6, 6.07) is 0.225. The molecule has 0 spiro atoms. The first-order chi connectivity index (χ1) is 7.30. The van der Waals surface area contributed by atoms with Gasteiger partial charge in [0, 0.05) is 12.5 Å². The Bertz CT molecular complexity index is 329. The molecule has 0 bridgehead atoms. The van der Waals surface area contributed by atoms with Crippen LogP contribution in [0.2, 0.25) is 0 Å². The van der Waals surface area contributed by atoms with Crippen LogP contribution in [0.25, 0.3) is 0 Å². The van der Waals surface area contributed by atoms with E-state index in [1.54, 1.807) is 19.5 Å². The van der Waals surface area contributed by atoms with Crippen molar-refractivity contribution in [2.45, 2.75) is 25.8 Å². The molecule has 0 aliphatic heterocycles. The van der Waals surface area contributed by atoms with Crippen LogP contribution in [0, 0.1) is 12.3 Å². The van der Waals surface area contributed by atoms with Crippen LogP contribution >= 0.6 is 0 Å². The minimum atomic E-state index is 0.225. The van der Waals surface area contributed by atoms with Crippen LogP contribution in [-0.2, 0) is 0 Å². The van der Waals surface area contributed by atoms with Gasteiger partial charge in [0.15, 0.2) is 5.75 Å². The van der Waals surface area contributed by atoms with Crippen molar-refractivity contribution >= 4 is 5.95 Å². The molecule has 1 N–H and O–H groups in total. The van der Waals surface area contributed by atoms with Gasteiger partial charge in [-0.3, -0.25) is 0 Å². The zero-order valence-corrected chi connectivity index (χ0v) is 9.03. The molecule has 1 aromatic heterocycles. The maximum Gasteiger partial charge on any atom is 0.223 e. The minimum absolute atomic E-state index is 0.225. The first kappa shape index (κ1) is 11.3. The Morgan fingerprint density at radius 3 is 2.67 bits per heavy atom. The summed E-state index contributed by atoms with van der Waals surface area (Å²) in [6.07, 6.45) is 10.1. The normalized spacial score (nSPS) is 11.5. The average molecular weight is 205 g/mol. The molecule has 0 saturated heterocycles. The van der Waals surface area contributed by atoms with Crippen LogP contribution in [0.15, 0.2) is 12.4 Å². The lowest BCUT2D eigenvalue weighted by Crippen LogP contribution is -2.19. The van der Waals surface area contributed by atoms with E-state index in [1.165, 1.54) is 0 Å². The van der Waals surface area contributed by atoms with E-state index in [-0.39, 0.29) is 6.04 Å². The van der Waals surface area contributed by atoms with E-state index in [1.807, 2.05) is 0 Å². The molecule has 0 aliphatic rings. The standard InChI is InChI=1S/C11H15N3O/c1-4-6-9(5-2)14-11-12-7-10(15-3)8-13-11/h1,7-9H,5-6H2,2-3H3,(H,12,13,14). The van der Waals surface area contributed by atoms with Gasteiger partial charge in [-0.05, 0) is 6.42 Å². The second-order valence-electron chi connectivity index (χ2n) is 3.10. The molecule has 4 heteroatoms. The highest BCUT2D eigenvalue weighted by Crippen LogP contribution is 2.09. The number of methoxy groups -OCH3 is 1. The Labute approximate surface area is 90.1 Å². The van der Waals surface area contributed by atoms with Gasteiger partial charge in [0.1, 0.15) is 0 Å². The van der Waals surface area contributed by atoms with Gasteiger partial charge in [-0.25, -0.2) is 9.97 Å². The second-order valence-corrected chi connectivity index (χ2v) is 3.10. The van der Waals surface area contributed by atoms with E-state index in [9.17, 15) is 0 Å². The molecule has 1 atom stereocenters. The van der Waals surface area contributed by atoms with Gasteiger partial charge in [-0.15, -0.1) is 12.3 Å². The van der Waals surface area contributed by atoms with Crippen LogP contribution in [0.1, 0.15) is 19.8 Å². The highest BCUT2D eigenvalue weighted by atomic mass is 16.5. The molecule has 1 aromatic rings. The van der Waals surface area contributed by atoms with E-state index in [4.69, 9.17) is 11.2 Å². The van der Waals surface area contributed by atoms with Gasteiger partial charge in [0.25, 0.3) is 0 Å². The van der Waals surface area contributed by atoms with Crippen molar-refractivity contribution in [3.63, 3.8) is 0 Å². The predicted molar refractivity (Wildman–Crippen MR) is 59.7 cm³/mol. The van der Waals surface area contributed by atoms with Crippen molar-refractivity contribution in [3.8, 4) is 18.1 Å². The van der Waals surface area contributed by atoms with E-state index in [0.29, 0.717) is 18.1 Å². The molecular formula is C11H15N3O. The third-order valence-corrected chi connectivity index (χ3v) is 2.05. The van der Waals surface area contributed by atoms with Gasteiger partial charge in [-0.1, -0.05) is 6.92 Å². The lowest BCUT2D eigenvalue weighted by molar-refractivity contribution is 0.411. The average Bonchev–Trinajstić information content (AvgIpc) is 2.29. The summed E-state index contributed by atoms with van der Waals surface area (Å²) < 4.78 is 4.96. The molecule has 0 aromatic carbocycles. The minimum Gasteiger partial charge on any atom is -0.494 e. The zero-order chi connectivity index (χ0) is 11.1. The number of ether oxygens (including phenoxy) is 1. The summed E-state index contributed by atoms with van der Waals surface area (Å²) in [7, 11) is 1.58. The first-order valence-electron chi connectivity index (χ1n) is 4.86. The number of hydrogen-bond acceptors (Lipinski definition) is 4. The van der Waals surface area contributed by atoms with Gasteiger partial charge >= 0.3 is 0 Å². The largest absolute Gasteiger partial charge is 0.494 e. The van der Waals surface area contributed by atoms with Crippen molar-refractivity contribution in [3.05, 3.63) is 12.4 Å². The van der Waals surface area contributed by atoms with Crippen LogP contribution in [0.5, 0.6) is 5.75 Å². The van der Waals surface area contributed by atoms with Crippen molar-refractivity contribution in [2.24, 2.45) is 0 Å². The molecule has 1 rings (SSSR count). The fourth-order valence-corrected chi connectivity index (χ4v) is 1.12. The Hall–Kier alpha value is -1.76. The number of hydrogen-bond donors (Lipinski definition) is 1. The molecule has 0 aliphatic carbocycles. The zero-order valence-electron chi connectivity index (χ0n) is 9.03. The van der Waals surface area contributed by atoms with E-state index >= 15 is 0 Å². The van der Waals surface area contributed by atoms with Gasteiger partial charge < -0.3 is 10.1 Å². The van der Waals surface area contributed by atoms with Crippen molar-refractivity contribution < 1.29 is 4.74 Å². The van der Waals surface area contributed by atoms with Crippen LogP contribution < -0.4 is 10.1 Å². The Morgan fingerprint density at radius 2 is 2.20 bits per heavy atom. The Balaban J connectivity index is 2.59. The number of nitrogens with one attached hydrogen (secondary N) is 1. The molecule has 80 valence electrons. The van der Waals surface area contributed by atoms with Crippen molar-refractivity contribution in [1.82, 2.24) is 9.97 Å². The summed E-state index contributed by atoms with van der Waals surface area (Å²) in [4.78, 5) is 8.21. The smallest absolute Gasteiger partial charge is 0.223 e. The van der Waals surface area contributed by atoms with Gasteiger partial charge in [0.2, 0.25) is 5.95 Å². The molecular weight excluding hydrogens is 190 g/mol. The van der Waals surface area contributed by atoms with Gasteiger partial charge in [0.05, 0.1) is 19.5 Å². The molecule has 0 fully saturated rings. The summed E-state index contributed by atoms with van der Waals surface area (Å²) in [5.74, 6) is 3.84. The molecule has 0 amide bonds. The van der Waals surface area contributed by atoms with Crippen molar-refractivity contribution in [2.75, 3.05) is 12.4 Å². The van der Waals surface area contributed by atoms with Gasteiger partial charge in [-0.2, -0.15) is 0 Å². The topological polar surface area (TPSA) is 47.0 Å². The number of anilines is 1.